The van der Waals surface area contributed by atoms with Crippen molar-refractivity contribution in [1.29, 1.82) is 0 Å². The normalized spacial score (nSPS) is 10.0. The Morgan fingerprint density at radius 2 is 2.25 bits per heavy atom. The number of para-hydroxylation sites is 1. The summed E-state index contributed by atoms with van der Waals surface area (Å²) in [4.78, 5) is 14.4. The molecule has 2 rings (SSSR count). The van der Waals surface area contributed by atoms with Crippen LogP contribution >= 0.6 is 0 Å². The van der Waals surface area contributed by atoms with E-state index in [0.29, 0.717) is 17.6 Å². The highest BCUT2D eigenvalue weighted by molar-refractivity contribution is 5.94. The molecule has 0 aliphatic heterocycles. The number of carbonyl (C=O) groups is 1. The highest BCUT2D eigenvalue weighted by Crippen LogP contribution is 2.26. The Hall–Kier alpha value is -2.36. The Balaban J connectivity index is 2.67. The third-order valence-corrected chi connectivity index (χ3v) is 2.31. The summed E-state index contributed by atoms with van der Waals surface area (Å²) in [6.07, 6.45) is 2.13. The molecule has 1 heterocycles. The van der Waals surface area contributed by atoms with Crippen molar-refractivity contribution in [2.45, 2.75) is 0 Å². The second kappa shape index (κ2) is 4.02. The average molecular weight is 214 g/mol. The van der Waals surface area contributed by atoms with Crippen LogP contribution in [0, 0.1) is 0 Å². The Kier molecular flexibility index (Phi) is 2.55. The number of hydrogen-bond acceptors (Lipinski definition) is 3. The molecule has 4 nitrogen and oxygen atoms in total. The summed E-state index contributed by atoms with van der Waals surface area (Å²) in [6, 6.07) is 6.84. The van der Waals surface area contributed by atoms with Gasteiger partial charge in [-0.25, -0.2) is 0 Å². The molecule has 0 saturated carbocycles. The Morgan fingerprint density at radius 3 is 3.00 bits per heavy atom. The Morgan fingerprint density at radius 1 is 1.44 bits per heavy atom. The minimum Gasteiger partial charge on any atom is -0.506 e. The minimum absolute atomic E-state index is 0.109. The summed E-state index contributed by atoms with van der Waals surface area (Å²) in [5, 5.41) is 12.9. The zero-order valence-corrected chi connectivity index (χ0v) is 8.47. The monoisotopic (exact) mass is 214 g/mol. The van der Waals surface area contributed by atoms with Crippen molar-refractivity contribution in [1.82, 2.24) is 10.3 Å². The number of phenols is 1. The first kappa shape index (κ1) is 10.2. The topological polar surface area (TPSA) is 62.2 Å². The second-order valence-corrected chi connectivity index (χ2v) is 3.27. The molecule has 0 saturated heterocycles. The number of hydrogen-bond donors (Lipinski definition) is 2. The van der Waals surface area contributed by atoms with Gasteiger partial charge in [0.25, 0.3) is 0 Å². The van der Waals surface area contributed by atoms with E-state index in [1.807, 2.05) is 6.07 Å². The van der Waals surface area contributed by atoms with Crippen molar-refractivity contribution in [2.75, 3.05) is 0 Å². The van der Waals surface area contributed by atoms with Crippen LogP contribution < -0.4 is 5.32 Å². The van der Waals surface area contributed by atoms with Gasteiger partial charge in [-0.15, -0.1) is 0 Å². The number of aromatic nitrogens is 1. The molecular formula is C12H10N2O2. The highest BCUT2D eigenvalue weighted by atomic mass is 16.3. The number of carbonyl (C=O) groups excluding carboxylic acids is 1. The third kappa shape index (κ3) is 1.61. The van der Waals surface area contributed by atoms with E-state index in [9.17, 15) is 9.90 Å². The summed E-state index contributed by atoms with van der Waals surface area (Å²) in [5.74, 6) is 0.109. The van der Waals surface area contributed by atoms with Gasteiger partial charge in [0, 0.05) is 22.8 Å². The van der Waals surface area contributed by atoms with E-state index in [1.54, 1.807) is 24.4 Å². The number of nitrogens with one attached hydrogen (secondary N) is 1. The van der Waals surface area contributed by atoms with Crippen LogP contribution in [0.25, 0.3) is 16.6 Å². The van der Waals surface area contributed by atoms with E-state index < -0.39 is 0 Å². The molecule has 1 aromatic heterocycles. The number of aromatic hydroxyl groups is 1. The molecule has 0 unspecified atom stereocenters. The Bertz CT molecular complexity index is 564. The fourth-order valence-electron chi connectivity index (χ4n) is 1.57. The maximum atomic E-state index is 10.4. The molecular weight excluding hydrogens is 204 g/mol. The van der Waals surface area contributed by atoms with E-state index in [4.69, 9.17) is 0 Å². The van der Waals surface area contributed by atoms with Crippen LogP contribution in [0.15, 0.2) is 37.0 Å². The standard InChI is InChI=1S/C12H10N2O2/c1-8(14-7-15)9-5-6-13-12-10(9)3-2-4-11(12)16/h2-7,16H,1H2,(H,14,15). The van der Waals surface area contributed by atoms with Gasteiger partial charge in [-0.3, -0.25) is 9.78 Å². The van der Waals surface area contributed by atoms with Gasteiger partial charge in [0.05, 0.1) is 0 Å². The third-order valence-electron chi connectivity index (χ3n) is 2.31. The first-order valence-electron chi connectivity index (χ1n) is 4.70. The predicted molar refractivity (Wildman–Crippen MR) is 61.6 cm³/mol. The number of phenolic OH excluding ortho intramolecular Hbond substituents is 1. The summed E-state index contributed by atoms with van der Waals surface area (Å²) >= 11 is 0. The molecule has 2 aromatic rings. The molecule has 16 heavy (non-hydrogen) atoms. The molecule has 80 valence electrons. The molecule has 0 bridgehead atoms. The smallest absolute Gasteiger partial charge is 0.211 e. The summed E-state index contributed by atoms with van der Waals surface area (Å²) in [5.41, 5.74) is 1.72. The molecule has 0 atom stereocenters. The van der Waals surface area contributed by atoms with Gasteiger partial charge in [-0.05, 0) is 12.1 Å². The van der Waals surface area contributed by atoms with Crippen molar-refractivity contribution in [3.05, 3.63) is 42.6 Å². The number of rotatable bonds is 3. The molecule has 4 heteroatoms. The van der Waals surface area contributed by atoms with Crippen LogP contribution in [0.2, 0.25) is 0 Å². The van der Waals surface area contributed by atoms with Crippen molar-refractivity contribution in [2.24, 2.45) is 0 Å². The molecule has 0 aliphatic carbocycles. The van der Waals surface area contributed by atoms with Crippen LogP contribution in [-0.4, -0.2) is 16.5 Å². The number of benzene rings is 1. The van der Waals surface area contributed by atoms with Gasteiger partial charge < -0.3 is 10.4 Å². The van der Waals surface area contributed by atoms with Crippen LogP contribution in [-0.2, 0) is 4.79 Å². The fraction of sp³-hybridized carbons (Fsp3) is 0. The number of amides is 1. The van der Waals surface area contributed by atoms with Crippen molar-refractivity contribution in [3.8, 4) is 5.75 Å². The van der Waals surface area contributed by atoms with Gasteiger partial charge >= 0.3 is 0 Å². The molecule has 0 radical (unpaired) electrons. The van der Waals surface area contributed by atoms with Gasteiger partial charge in [0.15, 0.2) is 0 Å². The summed E-state index contributed by atoms with van der Waals surface area (Å²) < 4.78 is 0. The van der Waals surface area contributed by atoms with E-state index in [1.165, 1.54) is 0 Å². The molecule has 0 spiro atoms. The SMILES string of the molecule is C=C(NC=O)c1ccnc2c(O)cccc12. The molecule has 2 N–H and O–H groups in total. The quantitative estimate of drug-likeness (QED) is 0.764. The van der Waals surface area contributed by atoms with Crippen molar-refractivity contribution in [3.63, 3.8) is 0 Å². The van der Waals surface area contributed by atoms with Gasteiger partial charge in [0.2, 0.25) is 6.41 Å². The lowest BCUT2D eigenvalue weighted by molar-refractivity contribution is -0.108. The molecule has 1 amide bonds. The van der Waals surface area contributed by atoms with Crippen molar-refractivity contribution < 1.29 is 9.90 Å². The van der Waals surface area contributed by atoms with E-state index in [2.05, 4.69) is 16.9 Å². The summed E-state index contributed by atoms with van der Waals surface area (Å²) in [6.45, 7) is 3.74. The largest absolute Gasteiger partial charge is 0.506 e. The van der Waals surface area contributed by atoms with Crippen molar-refractivity contribution >= 4 is 23.0 Å². The van der Waals surface area contributed by atoms with Crippen LogP contribution in [0.5, 0.6) is 5.75 Å². The molecule has 0 fully saturated rings. The average Bonchev–Trinajstić information content (AvgIpc) is 2.29. The lowest BCUT2D eigenvalue weighted by Crippen LogP contribution is -2.08. The first-order chi connectivity index (χ1) is 7.74. The van der Waals surface area contributed by atoms with Gasteiger partial charge in [-0.1, -0.05) is 18.7 Å². The van der Waals surface area contributed by atoms with Crippen LogP contribution in [0.1, 0.15) is 5.56 Å². The van der Waals surface area contributed by atoms with E-state index in [0.717, 1.165) is 10.9 Å². The minimum atomic E-state index is 0.109. The van der Waals surface area contributed by atoms with E-state index in [-0.39, 0.29) is 5.75 Å². The van der Waals surface area contributed by atoms with Gasteiger partial charge in [0.1, 0.15) is 11.3 Å². The molecule has 0 aliphatic rings. The number of nitrogens with zero attached hydrogens (tertiary/aromatic N) is 1. The predicted octanol–water partition coefficient (Wildman–Crippen LogP) is 1.66. The maximum Gasteiger partial charge on any atom is 0.211 e. The highest BCUT2D eigenvalue weighted by Gasteiger charge is 2.07. The summed E-state index contributed by atoms with van der Waals surface area (Å²) in [7, 11) is 0. The lowest BCUT2D eigenvalue weighted by atomic mass is 10.1. The zero-order valence-electron chi connectivity index (χ0n) is 8.47. The number of fused-ring (bicyclic) bond motifs is 1. The fourth-order valence-corrected chi connectivity index (χ4v) is 1.57. The first-order valence-corrected chi connectivity index (χ1v) is 4.70. The van der Waals surface area contributed by atoms with Crippen LogP contribution in [0.4, 0.5) is 0 Å². The number of pyridine rings is 1. The Labute approximate surface area is 92.2 Å². The zero-order chi connectivity index (χ0) is 11.5. The lowest BCUT2D eigenvalue weighted by Gasteiger charge is -2.08. The maximum absolute atomic E-state index is 10.4. The van der Waals surface area contributed by atoms with E-state index >= 15 is 0 Å². The molecule has 1 aromatic carbocycles. The van der Waals surface area contributed by atoms with Crippen LogP contribution in [0.3, 0.4) is 0 Å². The second-order valence-electron chi connectivity index (χ2n) is 3.27. The van der Waals surface area contributed by atoms with Gasteiger partial charge in [-0.2, -0.15) is 0 Å².